The Morgan fingerprint density at radius 1 is 1.09 bits per heavy atom. The highest BCUT2D eigenvalue weighted by molar-refractivity contribution is 9.10. The fraction of sp³-hybridized carbons (Fsp3) is 0.212. The average Bonchev–Trinajstić information content (AvgIpc) is 3.74. The molecule has 1 aliphatic rings. The Balaban J connectivity index is 1.46. The van der Waals surface area contributed by atoms with Gasteiger partial charge in [-0.05, 0) is 69.8 Å². The first-order valence-corrected chi connectivity index (χ1v) is 15.7. The van der Waals surface area contributed by atoms with E-state index >= 15 is 0 Å². The van der Waals surface area contributed by atoms with Crippen LogP contribution >= 0.6 is 27.3 Å². The molecule has 0 fully saturated rings. The van der Waals surface area contributed by atoms with Crippen molar-refractivity contribution in [2.24, 2.45) is 5.41 Å². The molecule has 0 spiro atoms. The Morgan fingerprint density at radius 3 is 2.69 bits per heavy atom. The molecule has 3 aromatic heterocycles. The first-order valence-electron chi connectivity index (χ1n) is 14.0. The largest absolute Gasteiger partial charge is 0.488 e. The number of benzene rings is 2. The lowest BCUT2D eigenvalue weighted by Crippen LogP contribution is -2.36. The predicted molar refractivity (Wildman–Crippen MR) is 176 cm³/mol. The molecule has 10 nitrogen and oxygen atoms in total. The van der Waals surface area contributed by atoms with Gasteiger partial charge < -0.3 is 30.2 Å². The van der Waals surface area contributed by atoms with Crippen LogP contribution < -0.4 is 15.4 Å². The highest BCUT2D eigenvalue weighted by atomic mass is 79.9. The predicted octanol–water partition coefficient (Wildman–Crippen LogP) is 6.40. The molecule has 0 aliphatic carbocycles. The van der Waals surface area contributed by atoms with E-state index in [4.69, 9.17) is 9.47 Å². The average molecular weight is 690 g/mol. The van der Waals surface area contributed by atoms with Crippen LogP contribution in [0.2, 0.25) is 0 Å². The molecule has 5 aromatic rings. The number of amides is 2. The Bertz CT molecular complexity index is 1980. The molecule has 0 saturated heterocycles. The van der Waals surface area contributed by atoms with Crippen molar-refractivity contribution < 1.29 is 29.0 Å². The van der Waals surface area contributed by atoms with Crippen molar-refractivity contribution in [1.82, 2.24) is 15.3 Å². The summed E-state index contributed by atoms with van der Waals surface area (Å²) in [4.78, 5) is 48.7. The normalized spacial score (nSPS) is 12.2. The summed E-state index contributed by atoms with van der Waals surface area (Å²) in [6.45, 7) is 4.05. The molecule has 4 N–H and O–H groups in total. The number of nitrogens with one attached hydrogen (secondary N) is 3. The summed E-state index contributed by atoms with van der Waals surface area (Å²) in [5, 5.41) is 18.2. The number of hydrogen-bond acceptors (Lipinski definition) is 8. The second-order valence-corrected chi connectivity index (χ2v) is 13.1. The van der Waals surface area contributed by atoms with E-state index in [-0.39, 0.29) is 30.1 Å². The molecule has 230 valence electrons. The van der Waals surface area contributed by atoms with Gasteiger partial charge in [0.15, 0.2) is 5.69 Å². The lowest BCUT2D eigenvalue weighted by Gasteiger charge is -2.22. The van der Waals surface area contributed by atoms with Crippen LogP contribution in [0, 0.1) is 5.41 Å². The monoisotopic (exact) mass is 688 g/mol. The van der Waals surface area contributed by atoms with Gasteiger partial charge in [0, 0.05) is 68.4 Å². The third-order valence-corrected chi connectivity index (χ3v) is 9.45. The number of H-pyrrole nitrogens is 1. The van der Waals surface area contributed by atoms with Crippen LogP contribution in [0.15, 0.2) is 64.6 Å². The van der Waals surface area contributed by atoms with Gasteiger partial charge in [-0.15, -0.1) is 11.3 Å². The molecule has 12 heteroatoms. The van der Waals surface area contributed by atoms with Crippen LogP contribution in [0.5, 0.6) is 5.75 Å². The lowest BCUT2D eigenvalue weighted by atomic mass is 9.92. The molecule has 1 aliphatic heterocycles. The van der Waals surface area contributed by atoms with Gasteiger partial charge in [0.1, 0.15) is 18.1 Å². The van der Waals surface area contributed by atoms with E-state index in [1.165, 1.54) is 13.2 Å². The number of pyridine rings is 1. The number of aliphatic hydroxyl groups is 1. The number of ether oxygens (including phenoxy) is 2. The number of thiophene rings is 1. The molecule has 0 radical (unpaired) electrons. The van der Waals surface area contributed by atoms with Crippen LogP contribution in [0.3, 0.4) is 0 Å². The number of esters is 1. The van der Waals surface area contributed by atoms with Crippen molar-refractivity contribution in [2.75, 3.05) is 25.6 Å². The molecule has 45 heavy (non-hydrogen) atoms. The Labute approximate surface area is 270 Å². The van der Waals surface area contributed by atoms with Gasteiger partial charge in [-0.25, -0.2) is 9.78 Å². The molecule has 4 heterocycles. The van der Waals surface area contributed by atoms with Crippen LogP contribution in [0.1, 0.15) is 50.7 Å². The van der Waals surface area contributed by atoms with Gasteiger partial charge >= 0.3 is 5.97 Å². The number of rotatable bonds is 8. The van der Waals surface area contributed by atoms with E-state index in [1.54, 1.807) is 35.6 Å². The quantitative estimate of drug-likeness (QED) is 0.138. The summed E-state index contributed by atoms with van der Waals surface area (Å²) in [5.41, 5.74) is 3.50. The topological polar surface area (TPSA) is 143 Å². The Morgan fingerprint density at radius 2 is 1.91 bits per heavy atom. The second-order valence-electron chi connectivity index (χ2n) is 11.4. The third kappa shape index (κ3) is 5.84. The molecular formula is C33H29BrN4O6S. The molecule has 2 aromatic carbocycles. The maximum Gasteiger partial charge on any atom is 0.357 e. The Kier molecular flexibility index (Phi) is 8.21. The van der Waals surface area contributed by atoms with Crippen molar-refractivity contribution in [3.63, 3.8) is 0 Å². The van der Waals surface area contributed by atoms with Gasteiger partial charge in [-0.2, -0.15) is 0 Å². The standard InChI is InChI=1S/C33H29BrN4O6S/c1-33(2,16-39)15-36-31(41)25-5-4-18(28(37-25)32(42)43-3)20-13-26-22(29-17(14-44-26)9-11-45-29)12-21(20)30(40)38-24-7-6-23-19(27(24)34)8-10-35-23/h4-13,35,39H,14-16H2,1-3H3,(H,36,41)(H,38,40). The minimum absolute atomic E-state index is 0.0138. The second kappa shape index (κ2) is 12.1. The number of methoxy groups -OCH3 is 1. The molecule has 2 amide bonds. The molecular weight excluding hydrogens is 660 g/mol. The van der Waals surface area contributed by atoms with E-state index in [1.807, 2.05) is 43.6 Å². The summed E-state index contributed by atoms with van der Waals surface area (Å²) in [7, 11) is 1.22. The molecule has 0 atom stereocenters. The minimum Gasteiger partial charge on any atom is -0.488 e. The van der Waals surface area contributed by atoms with Crippen molar-refractivity contribution >= 4 is 61.6 Å². The van der Waals surface area contributed by atoms with Crippen molar-refractivity contribution in [1.29, 1.82) is 0 Å². The van der Waals surface area contributed by atoms with Gasteiger partial charge in [0.05, 0.1) is 17.3 Å². The van der Waals surface area contributed by atoms with E-state index in [0.717, 1.165) is 31.4 Å². The zero-order valence-electron chi connectivity index (χ0n) is 24.6. The SMILES string of the molecule is COC(=O)c1nc(C(=O)NCC(C)(C)CO)ccc1-c1cc2c(cc1C(=O)Nc1ccc3[nH]ccc3c1Br)-c1sccc1CO2. The number of halogens is 1. The summed E-state index contributed by atoms with van der Waals surface area (Å²) in [6, 6.07) is 14.1. The molecule has 0 unspecified atom stereocenters. The number of carbonyl (C=O) groups is 3. The number of aliphatic hydroxyl groups excluding tert-OH is 1. The number of anilines is 1. The number of nitrogens with zero attached hydrogens (tertiary/aromatic N) is 1. The van der Waals surface area contributed by atoms with Crippen molar-refractivity contribution in [3.8, 4) is 27.3 Å². The van der Waals surface area contributed by atoms with Crippen LogP contribution in [0.4, 0.5) is 5.69 Å². The summed E-state index contributed by atoms with van der Waals surface area (Å²) < 4.78 is 11.9. The Hall–Kier alpha value is -4.52. The number of hydrogen-bond donors (Lipinski definition) is 4. The zero-order chi connectivity index (χ0) is 31.9. The first kappa shape index (κ1) is 30.5. The number of fused-ring (bicyclic) bond motifs is 4. The van der Waals surface area contributed by atoms with Crippen molar-refractivity contribution in [3.05, 3.63) is 87.1 Å². The summed E-state index contributed by atoms with van der Waals surface area (Å²) in [5.74, 6) is -1.16. The summed E-state index contributed by atoms with van der Waals surface area (Å²) >= 11 is 5.17. The molecule has 0 bridgehead atoms. The highest BCUT2D eigenvalue weighted by Crippen LogP contribution is 2.45. The van der Waals surface area contributed by atoms with E-state index < -0.39 is 23.2 Å². The maximum atomic E-state index is 14.1. The zero-order valence-corrected chi connectivity index (χ0v) is 27.0. The smallest absolute Gasteiger partial charge is 0.357 e. The molecule has 6 rings (SSSR count). The lowest BCUT2D eigenvalue weighted by molar-refractivity contribution is 0.0594. The van der Waals surface area contributed by atoms with E-state index in [2.05, 4.69) is 36.5 Å². The number of carbonyl (C=O) groups excluding carboxylic acids is 3. The van der Waals surface area contributed by atoms with E-state index in [0.29, 0.717) is 29.2 Å². The fourth-order valence-electron chi connectivity index (χ4n) is 5.03. The first-order chi connectivity index (χ1) is 21.6. The molecule has 0 saturated carbocycles. The van der Waals surface area contributed by atoms with E-state index in [9.17, 15) is 19.5 Å². The minimum atomic E-state index is -0.776. The van der Waals surface area contributed by atoms with Gasteiger partial charge in [-0.3, -0.25) is 9.59 Å². The van der Waals surface area contributed by atoms with Crippen LogP contribution in [-0.2, 0) is 11.3 Å². The van der Waals surface area contributed by atoms with Crippen LogP contribution in [-0.4, -0.2) is 53.1 Å². The van der Waals surface area contributed by atoms with Gasteiger partial charge in [0.2, 0.25) is 0 Å². The number of aromatic amines is 1. The fourth-order valence-corrected chi connectivity index (χ4v) is 6.54. The summed E-state index contributed by atoms with van der Waals surface area (Å²) in [6.07, 6.45) is 1.82. The van der Waals surface area contributed by atoms with Crippen LogP contribution in [0.25, 0.3) is 32.5 Å². The third-order valence-electron chi connectivity index (χ3n) is 7.61. The highest BCUT2D eigenvalue weighted by Gasteiger charge is 2.28. The van der Waals surface area contributed by atoms with Crippen molar-refractivity contribution in [2.45, 2.75) is 20.5 Å². The maximum absolute atomic E-state index is 14.1. The van der Waals surface area contributed by atoms with Gasteiger partial charge in [0.25, 0.3) is 11.8 Å². The van der Waals surface area contributed by atoms with Gasteiger partial charge in [-0.1, -0.05) is 13.8 Å². The number of aromatic nitrogens is 2.